The van der Waals surface area contributed by atoms with Crippen molar-refractivity contribution in [1.29, 1.82) is 0 Å². The van der Waals surface area contributed by atoms with Crippen LogP contribution in [0.15, 0.2) is 30.5 Å². The normalized spacial score (nSPS) is 20.8. The number of rotatable bonds is 7. The van der Waals surface area contributed by atoms with E-state index in [2.05, 4.69) is 20.6 Å². The fraction of sp³-hybridized carbons (Fsp3) is 0.500. The van der Waals surface area contributed by atoms with Gasteiger partial charge in [-0.3, -0.25) is 9.69 Å². The molecule has 2 aromatic rings. The van der Waals surface area contributed by atoms with Crippen LogP contribution in [0.2, 0.25) is 0 Å². The van der Waals surface area contributed by atoms with Crippen molar-refractivity contribution in [1.82, 2.24) is 15.3 Å². The van der Waals surface area contributed by atoms with Gasteiger partial charge in [0.1, 0.15) is 28.1 Å². The molecular formula is C24H30FN5O5S. The largest absolute Gasteiger partial charge is 0.447 e. The second-order valence-corrected chi connectivity index (χ2v) is 11.8. The van der Waals surface area contributed by atoms with Crippen molar-refractivity contribution in [2.45, 2.75) is 51.7 Å². The van der Waals surface area contributed by atoms with Gasteiger partial charge in [-0.05, 0) is 49.4 Å². The van der Waals surface area contributed by atoms with Gasteiger partial charge in [-0.1, -0.05) is 19.9 Å². The summed E-state index contributed by atoms with van der Waals surface area (Å²) in [6.07, 6.45) is 1.71. The quantitative estimate of drug-likeness (QED) is 0.571. The maximum Gasteiger partial charge on any atom is 0.415 e. The number of carbonyl (C=O) groups is 2. The van der Waals surface area contributed by atoms with Crippen molar-refractivity contribution < 1.29 is 27.1 Å². The summed E-state index contributed by atoms with van der Waals surface area (Å²) in [4.78, 5) is 35.0. The highest BCUT2D eigenvalue weighted by molar-refractivity contribution is 7.91. The molecule has 10 nitrogen and oxygen atoms in total. The van der Waals surface area contributed by atoms with Gasteiger partial charge in [-0.2, -0.15) is 4.98 Å². The number of amides is 2. The first-order valence-electron chi connectivity index (χ1n) is 11.9. The molecule has 0 saturated carbocycles. The molecule has 12 heteroatoms. The number of halogens is 1. The summed E-state index contributed by atoms with van der Waals surface area (Å²) in [6, 6.07) is 5.11. The third-order valence-electron chi connectivity index (χ3n) is 6.54. The predicted octanol–water partition coefficient (Wildman–Crippen LogP) is 3.08. The number of sulfone groups is 1. The van der Waals surface area contributed by atoms with E-state index in [9.17, 15) is 22.4 Å². The Bertz CT molecular complexity index is 1240. The van der Waals surface area contributed by atoms with E-state index in [0.717, 1.165) is 0 Å². The van der Waals surface area contributed by atoms with Gasteiger partial charge in [0.25, 0.3) is 5.91 Å². The van der Waals surface area contributed by atoms with Gasteiger partial charge in [0.15, 0.2) is 0 Å². The van der Waals surface area contributed by atoms with Crippen LogP contribution in [0.5, 0.6) is 0 Å². The van der Waals surface area contributed by atoms with Crippen LogP contribution in [-0.4, -0.2) is 60.6 Å². The van der Waals surface area contributed by atoms with Crippen LogP contribution in [0.4, 0.5) is 21.0 Å². The monoisotopic (exact) mass is 519 g/mol. The Morgan fingerprint density at radius 3 is 2.58 bits per heavy atom. The van der Waals surface area contributed by atoms with Gasteiger partial charge >= 0.3 is 6.09 Å². The third-order valence-corrected chi connectivity index (χ3v) is 8.25. The number of benzene rings is 1. The van der Waals surface area contributed by atoms with E-state index < -0.39 is 33.7 Å². The molecule has 2 N–H and O–H groups in total. The minimum atomic E-state index is -3.05. The first kappa shape index (κ1) is 25.8. The number of hydrogen-bond acceptors (Lipinski definition) is 8. The predicted molar refractivity (Wildman–Crippen MR) is 132 cm³/mol. The summed E-state index contributed by atoms with van der Waals surface area (Å²) in [5.74, 6) is -0.377. The Labute approximate surface area is 209 Å². The lowest BCUT2D eigenvalue weighted by molar-refractivity contribution is 0.0930. The molecule has 0 radical (unpaired) electrons. The summed E-state index contributed by atoms with van der Waals surface area (Å²) in [7, 11) is -3.05. The molecule has 2 aliphatic heterocycles. The maximum atomic E-state index is 14.8. The van der Waals surface area contributed by atoms with Crippen LogP contribution >= 0.6 is 0 Å². The van der Waals surface area contributed by atoms with Crippen LogP contribution in [-0.2, 0) is 14.6 Å². The molecule has 0 bridgehead atoms. The lowest BCUT2D eigenvalue weighted by atomic mass is 10.0. The van der Waals surface area contributed by atoms with E-state index in [1.807, 2.05) is 13.8 Å². The molecule has 2 aliphatic rings. The molecule has 2 amide bonds. The van der Waals surface area contributed by atoms with E-state index in [-0.39, 0.29) is 41.0 Å². The Kier molecular flexibility index (Phi) is 7.43. The number of carbonyl (C=O) groups excluding carboxylic acids is 2. The lowest BCUT2D eigenvalue weighted by Crippen LogP contribution is -2.41. The Morgan fingerprint density at radius 1 is 1.19 bits per heavy atom. The van der Waals surface area contributed by atoms with Gasteiger partial charge in [0, 0.05) is 12.2 Å². The molecule has 194 valence electrons. The molecule has 3 heterocycles. The fourth-order valence-electron chi connectivity index (χ4n) is 4.30. The van der Waals surface area contributed by atoms with Crippen LogP contribution in [0.3, 0.4) is 0 Å². The van der Waals surface area contributed by atoms with Crippen molar-refractivity contribution in [3.8, 4) is 0 Å². The highest BCUT2D eigenvalue weighted by Crippen LogP contribution is 2.27. The summed E-state index contributed by atoms with van der Waals surface area (Å²) >= 11 is 0. The molecule has 0 spiro atoms. The summed E-state index contributed by atoms with van der Waals surface area (Å²) in [5.41, 5.74) is 0.465. The van der Waals surface area contributed by atoms with Crippen LogP contribution in [0, 0.1) is 11.7 Å². The van der Waals surface area contributed by atoms with Crippen molar-refractivity contribution in [2.24, 2.45) is 5.92 Å². The van der Waals surface area contributed by atoms with E-state index in [1.165, 1.54) is 23.2 Å². The fourth-order valence-corrected chi connectivity index (χ4v) is 5.79. The second kappa shape index (κ2) is 10.4. The van der Waals surface area contributed by atoms with Crippen molar-refractivity contribution in [3.05, 3.63) is 47.4 Å². The summed E-state index contributed by atoms with van der Waals surface area (Å²) in [5, 5.41) is 5.83. The number of anilines is 2. The number of cyclic esters (lactones) is 1. The van der Waals surface area contributed by atoms with Gasteiger partial charge in [0.2, 0.25) is 5.95 Å². The Balaban J connectivity index is 1.42. The minimum Gasteiger partial charge on any atom is -0.447 e. The zero-order valence-corrected chi connectivity index (χ0v) is 21.2. The lowest BCUT2D eigenvalue weighted by Gasteiger charge is -2.24. The topological polar surface area (TPSA) is 131 Å². The van der Waals surface area contributed by atoms with E-state index in [1.54, 1.807) is 19.1 Å². The first-order chi connectivity index (χ1) is 17.0. The number of aromatic nitrogens is 2. The van der Waals surface area contributed by atoms with Gasteiger partial charge in [-0.25, -0.2) is 22.6 Å². The van der Waals surface area contributed by atoms with Crippen LogP contribution in [0.25, 0.3) is 0 Å². The van der Waals surface area contributed by atoms with E-state index >= 15 is 0 Å². The number of nitrogens with zero attached hydrogens (tertiary/aromatic N) is 3. The molecule has 0 unspecified atom stereocenters. The molecule has 1 aromatic carbocycles. The summed E-state index contributed by atoms with van der Waals surface area (Å²) < 4.78 is 43.2. The van der Waals surface area contributed by atoms with Crippen LogP contribution in [0.1, 0.15) is 55.6 Å². The third kappa shape index (κ3) is 5.75. The van der Waals surface area contributed by atoms with Crippen molar-refractivity contribution in [3.63, 3.8) is 0 Å². The number of hydrogen-bond donors (Lipinski definition) is 2. The average Bonchev–Trinajstić information content (AvgIpc) is 3.22. The SMILES string of the molecule is CC(C)[C@H]1COC(=O)N1c1ccnc(N[C@@H](C)c2ccc(C(=O)NC3CCS(=O)(=O)CC3)c(F)c2)n1. The zero-order chi connectivity index (χ0) is 26.0. The highest BCUT2D eigenvalue weighted by atomic mass is 32.2. The molecule has 1 aromatic heterocycles. The smallest absolute Gasteiger partial charge is 0.415 e. The van der Waals surface area contributed by atoms with Crippen molar-refractivity contribution in [2.75, 3.05) is 28.3 Å². The van der Waals surface area contributed by atoms with Crippen molar-refractivity contribution >= 4 is 33.6 Å². The molecule has 2 atom stereocenters. The summed E-state index contributed by atoms with van der Waals surface area (Å²) in [6.45, 7) is 6.09. The van der Waals surface area contributed by atoms with E-state index in [4.69, 9.17) is 4.74 Å². The average molecular weight is 520 g/mol. The molecule has 36 heavy (non-hydrogen) atoms. The molecular weight excluding hydrogens is 489 g/mol. The molecule has 0 aliphatic carbocycles. The maximum absolute atomic E-state index is 14.8. The van der Waals surface area contributed by atoms with Crippen LogP contribution < -0.4 is 15.5 Å². The highest BCUT2D eigenvalue weighted by Gasteiger charge is 2.37. The molecule has 2 saturated heterocycles. The molecule has 4 rings (SSSR count). The second-order valence-electron chi connectivity index (χ2n) is 9.50. The van der Waals surface area contributed by atoms with Gasteiger partial charge in [0.05, 0.1) is 29.2 Å². The Morgan fingerprint density at radius 2 is 1.92 bits per heavy atom. The standard InChI is InChI=1S/C24H30FN5O5S/c1-14(2)20-13-35-24(32)30(20)21-6-9-26-23(29-21)27-15(3)16-4-5-18(19(25)12-16)22(31)28-17-7-10-36(33,34)11-8-17/h4-6,9,12,14-15,17,20H,7-8,10-11,13H2,1-3H3,(H,28,31)(H,26,27,29)/t15-,20+/m0/s1. The number of ether oxygens (including phenoxy) is 1. The first-order valence-corrected chi connectivity index (χ1v) is 13.7. The van der Waals surface area contributed by atoms with E-state index in [0.29, 0.717) is 30.8 Å². The molecule has 2 fully saturated rings. The Hall–Kier alpha value is -3.28. The van der Waals surface area contributed by atoms with Gasteiger partial charge in [-0.15, -0.1) is 0 Å². The minimum absolute atomic E-state index is 0.0168. The van der Waals surface area contributed by atoms with Gasteiger partial charge < -0.3 is 15.4 Å². The zero-order valence-electron chi connectivity index (χ0n) is 20.4. The number of nitrogens with one attached hydrogen (secondary N) is 2.